The number of amides is 2. The van der Waals surface area contributed by atoms with Crippen LogP contribution in [0, 0.1) is 5.92 Å². The van der Waals surface area contributed by atoms with E-state index in [1.165, 1.54) is 0 Å². The second kappa shape index (κ2) is 7.16. The minimum Gasteiger partial charge on any atom is -0.481 e. The molecule has 0 aromatic heterocycles. The summed E-state index contributed by atoms with van der Waals surface area (Å²) >= 11 is 0. The van der Waals surface area contributed by atoms with Gasteiger partial charge in [-0.25, -0.2) is 4.79 Å². The van der Waals surface area contributed by atoms with Crippen LogP contribution in [-0.4, -0.2) is 40.1 Å². The average molecular weight is 270 g/mol. The average Bonchev–Trinajstić information content (AvgIpc) is 2.22. The highest BCUT2D eigenvalue weighted by Gasteiger charge is 2.28. The maximum Gasteiger partial charge on any atom is 0.318 e. The molecule has 0 fully saturated rings. The summed E-state index contributed by atoms with van der Waals surface area (Å²) in [5.41, 5.74) is -0.344. The highest BCUT2D eigenvalue weighted by atomic mass is 16.4. The van der Waals surface area contributed by atoms with Gasteiger partial charge in [0.25, 0.3) is 0 Å². The third kappa shape index (κ3) is 6.27. The summed E-state index contributed by atoms with van der Waals surface area (Å²) in [6.07, 6.45) is 1.59. The number of urea groups is 1. The topological polar surface area (TPSA) is 69.6 Å². The Kier molecular flexibility index (Phi) is 6.59. The number of hydrogen-bond acceptors (Lipinski definition) is 2. The van der Waals surface area contributed by atoms with Crippen molar-refractivity contribution in [3.05, 3.63) is 12.7 Å². The SMILES string of the molecule is C=CCN(C(=O)NC(CC(=O)O)C(C)C)C(C)(C)C. The maximum absolute atomic E-state index is 12.3. The molecule has 1 atom stereocenters. The number of nitrogens with zero attached hydrogens (tertiary/aromatic N) is 1. The summed E-state index contributed by atoms with van der Waals surface area (Å²) < 4.78 is 0. The summed E-state index contributed by atoms with van der Waals surface area (Å²) in [5, 5.41) is 11.7. The van der Waals surface area contributed by atoms with E-state index in [4.69, 9.17) is 5.11 Å². The minimum atomic E-state index is -0.912. The van der Waals surface area contributed by atoms with Gasteiger partial charge in [-0.15, -0.1) is 6.58 Å². The number of carbonyl (C=O) groups is 2. The lowest BCUT2D eigenvalue weighted by Gasteiger charge is -2.36. The van der Waals surface area contributed by atoms with Gasteiger partial charge in [0.2, 0.25) is 0 Å². The number of hydrogen-bond donors (Lipinski definition) is 2. The number of aliphatic carboxylic acids is 1. The number of carbonyl (C=O) groups excluding carboxylic acids is 1. The molecule has 2 N–H and O–H groups in total. The molecular weight excluding hydrogens is 244 g/mol. The van der Waals surface area contributed by atoms with E-state index < -0.39 is 5.97 Å². The molecule has 5 nitrogen and oxygen atoms in total. The lowest BCUT2D eigenvalue weighted by molar-refractivity contribution is -0.137. The van der Waals surface area contributed by atoms with Crippen LogP contribution in [-0.2, 0) is 4.79 Å². The van der Waals surface area contributed by atoms with Gasteiger partial charge in [0.1, 0.15) is 0 Å². The zero-order valence-electron chi connectivity index (χ0n) is 12.6. The van der Waals surface area contributed by atoms with Crippen molar-refractivity contribution >= 4 is 12.0 Å². The molecule has 0 radical (unpaired) electrons. The number of carboxylic acids is 1. The van der Waals surface area contributed by atoms with Crippen LogP contribution in [0.5, 0.6) is 0 Å². The molecule has 0 aliphatic carbocycles. The summed E-state index contributed by atoms with van der Waals surface area (Å²) in [7, 11) is 0. The van der Waals surface area contributed by atoms with Crippen molar-refractivity contribution in [2.45, 2.75) is 52.6 Å². The third-order valence-electron chi connectivity index (χ3n) is 2.87. The van der Waals surface area contributed by atoms with Gasteiger partial charge >= 0.3 is 12.0 Å². The molecular formula is C14H26N2O3. The van der Waals surface area contributed by atoms with Crippen LogP contribution in [0.15, 0.2) is 12.7 Å². The Bertz CT molecular complexity index is 332. The lowest BCUT2D eigenvalue weighted by atomic mass is 10.0. The van der Waals surface area contributed by atoms with Gasteiger partial charge in [0, 0.05) is 18.1 Å². The Balaban J connectivity index is 4.85. The normalized spacial score (nSPS) is 12.9. The van der Waals surface area contributed by atoms with Gasteiger partial charge in [0.15, 0.2) is 0 Å². The number of carboxylic acid groups (broad SMARTS) is 1. The first-order chi connectivity index (χ1) is 8.59. The predicted octanol–water partition coefficient (Wildman–Crippen LogP) is 2.48. The first-order valence-electron chi connectivity index (χ1n) is 6.50. The van der Waals surface area contributed by atoms with Crippen molar-refractivity contribution in [3.63, 3.8) is 0 Å². The molecule has 1 unspecified atom stereocenters. The summed E-state index contributed by atoms with van der Waals surface area (Å²) in [6.45, 7) is 13.6. The van der Waals surface area contributed by atoms with E-state index in [0.717, 1.165) is 0 Å². The van der Waals surface area contributed by atoms with Gasteiger partial charge in [-0.3, -0.25) is 4.79 Å². The van der Waals surface area contributed by atoms with Crippen LogP contribution in [0.25, 0.3) is 0 Å². The Morgan fingerprint density at radius 1 is 1.37 bits per heavy atom. The molecule has 19 heavy (non-hydrogen) atoms. The van der Waals surface area contributed by atoms with E-state index in [1.807, 2.05) is 34.6 Å². The van der Waals surface area contributed by atoms with Gasteiger partial charge in [-0.05, 0) is 26.7 Å². The van der Waals surface area contributed by atoms with E-state index >= 15 is 0 Å². The second-order valence-electron chi connectivity index (χ2n) is 5.97. The fourth-order valence-corrected chi connectivity index (χ4v) is 1.67. The smallest absolute Gasteiger partial charge is 0.318 e. The molecule has 0 saturated heterocycles. The Hall–Kier alpha value is -1.52. The first-order valence-corrected chi connectivity index (χ1v) is 6.50. The van der Waals surface area contributed by atoms with Crippen LogP contribution < -0.4 is 5.32 Å². The van der Waals surface area contributed by atoms with Gasteiger partial charge < -0.3 is 15.3 Å². The molecule has 0 saturated carbocycles. The van der Waals surface area contributed by atoms with Crippen LogP contribution in [0.1, 0.15) is 41.0 Å². The Morgan fingerprint density at radius 3 is 2.21 bits per heavy atom. The zero-order valence-corrected chi connectivity index (χ0v) is 12.6. The van der Waals surface area contributed by atoms with Gasteiger partial charge in [0.05, 0.1) is 6.42 Å². The Morgan fingerprint density at radius 2 is 1.89 bits per heavy atom. The van der Waals surface area contributed by atoms with Crippen LogP contribution in [0.2, 0.25) is 0 Å². The lowest BCUT2D eigenvalue weighted by Crippen LogP contribution is -2.54. The van der Waals surface area contributed by atoms with Crippen LogP contribution >= 0.6 is 0 Å². The van der Waals surface area contributed by atoms with Crippen molar-refractivity contribution in [1.29, 1.82) is 0 Å². The van der Waals surface area contributed by atoms with Crippen molar-refractivity contribution in [2.24, 2.45) is 5.92 Å². The van der Waals surface area contributed by atoms with Crippen LogP contribution in [0.3, 0.4) is 0 Å². The number of rotatable bonds is 6. The predicted molar refractivity (Wildman–Crippen MR) is 76.1 cm³/mol. The highest BCUT2D eigenvalue weighted by molar-refractivity contribution is 5.76. The maximum atomic E-state index is 12.3. The number of nitrogens with one attached hydrogen (secondary N) is 1. The molecule has 0 aromatic rings. The van der Waals surface area contributed by atoms with Gasteiger partial charge in [-0.1, -0.05) is 19.9 Å². The molecule has 2 amide bonds. The van der Waals surface area contributed by atoms with Crippen molar-refractivity contribution in [2.75, 3.05) is 6.54 Å². The summed E-state index contributed by atoms with van der Waals surface area (Å²) in [6, 6.07) is -0.632. The van der Waals surface area contributed by atoms with Gasteiger partial charge in [-0.2, -0.15) is 0 Å². The van der Waals surface area contributed by atoms with E-state index in [0.29, 0.717) is 6.54 Å². The molecule has 0 aliphatic heterocycles. The highest BCUT2D eigenvalue weighted by Crippen LogP contribution is 2.15. The summed E-state index contributed by atoms with van der Waals surface area (Å²) in [4.78, 5) is 24.7. The third-order valence-corrected chi connectivity index (χ3v) is 2.87. The molecule has 0 aliphatic rings. The van der Waals surface area contributed by atoms with E-state index in [2.05, 4.69) is 11.9 Å². The van der Waals surface area contributed by atoms with Crippen molar-refractivity contribution < 1.29 is 14.7 Å². The largest absolute Gasteiger partial charge is 0.481 e. The zero-order chi connectivity index (χ0) is 15.2. The van der Waals surface area contributed by atoms with E-state index in [-0.39, 0.29) is 30.0 Å². The van der Waals surface area contributed by atoms with E-state index in [1.54, 1.807) is 11.0 Å². The Labute approximate surface area is 115 Å². The molecule has 0 rings (SSSR count). The monoisotopic (exact) mass is 270 g/mol. The molecule has 0 spiro atoms. The quantitative estimate of drug-likeness (QED) is 0.728. The fourth-order valence-electron chi connectivity index (χ4n) is 1.67. The van der Waals surface area contributed by atoms with E-state index in [9.17, 15) is 9.59 Å². The van der Waals surface area contributed by atoms with Crippen LogP contribution in [0.4, 0.5) is 4.79 Å². The first kappa shape index (κ1) is 17.5. The fraction of sp³-hybridized carbons (Fsp3) is 0.714. The molecule has 5 heteroatoms. The standard InChI is InChI=1S/C14H26N2O3/c1-7-8-16(14(4,5)6)13(19)15-11(10(2)3)9-12(17)18/h7,10-11H,1,8-9H2,2-6H3,(H,15,19)(H,17,18). The second-order valence-corrected chi connectivity index (χ2v) is 5.97. The molecule has 0 heterocycles. The molecule has 110 valence electrons. The molecule has 0 bridgehead atoms. The van der Waals surface area contributed by atoms with Crippen molar-refractivity contribution in [3.8, 4) is 0 Å². The summed E-state index contributed by atoms with van der Waals surface area (Å²) in [5.74, 6) is -0.851. The van der Waals surface area contributed by atoms with Crippen molar-refractivity contribution in [1.82, 2.24) is 10.2 Å². The minimum absolute atomic E-state index is 0.0607. The molecule has 0 aromatic carbocycles.